The molecule has 0 unspecified atom stereocenters. The predicted molar refractivity (Wildman–Crippen MR) is 108 cm³/mol. The second-order valence-electron chi connectivity index (χ2n) is 7.23. The molecule has 5 rings (SSSR count). The molecule has 4 heterocycles. The molecule has 7 heteroatoms. The van der Waals surface area contributed by atoms with Crippen molar-refractivity contribution in [3.63, 3.8) is 0 Å². The quantitative estimate of drug-likeness (QED) is 0.727. The van der Waals surface area contributed by atoms with Gasteiger partial charge in [-0.15, -0.1) is 0 Å². The van der Waals surface area contributed by atoms with Crippen LogP contribution < -0.4 is 20.3 Å². The molecule has 2 aliphatic heterocycles. The monoisotopic (exact) mass is 377 g/mol. The third-order valence-corrected chi connectivity index (χ3v) is 5.60. The van der Waals surface area contributed by atoms with Crippen LogP contribution in [0.2, 0.25) is 0 Å². The zero-order chi connectivity index (χ0) is 19.1. The minimum absolute atomic E-state index is 0.0647. The van der Waals surface area contributed by atoms with Crippen LogP contribution in [0.5, 0.6) is 5.75 Å². The van der Waals surface area contributed by atoms with Gasteiger partial charge in [-0.25, -0.2) is 4.52 Å². The molecule has 1 aromatic carbocycles. The van der Waals surface area contributed by atoms with Gasteiger partial charge in [0.05, 0.1) is 36.3 Å². The molecule has 3 aromatic rings. The van der Waals surface area contributed by atoms with E-state index in [1.54, 1.807) is 7.11 Å². The van der Waals surface area contributed by atoms with Crippen LogP contribution in [-0.2, 0) is 6.42 Å². The molecule has 144 valence electrons. The number of pyridine rings is 1. The van der Waals surface area contributed by atoms with E-state index < -0.39 is 0 Å². The number of piperazine rings is 1. The number of fused-ring (bicyclic) bond motifs is 2. The summed E-state index contributed by atoms with van der Waals surface area (Å²) in [6, 6.07) is 8.32. The van der Waals surface area contributed by atoms with Gasteiger partial charge in [-0.1, -0.05) is 0 Å². The fourth-order valence-corrected chi connectivity index (χ4v) is 4.15. The molecule has 2 N–H and O–H groups in total. The van der Waals surface area contributed by atoms with Gasteiger partial charge in [0.25, 0.3) is 5.91 Å². The highest BCUT2D eigenvalue weighted by atomic mass is 16.5. The van der Waals surface area contributed by atoms with E-state index in [4.69, 9.17) is 4.74 Å². The lowest BCUT2D eigenvalue weighted by Gasteiger charge is -2.29. The lowest BCUT2D eigenvalue weighted by Crippen LogP contribution is -2.43. The normalized spacial score (nSPS) is 16.8. The van der Waals surface area contributed by atoms with Crippen LogP contribution in [0.25, 0.3) is 16.6 Å². The van der Waals surface area contributed by atoms with E-state index in [9.17, 15) is 4.79 Å². The van der Waals surface area contributed by atoms with Crippen molar-refractivity contribution in [1.29, 1.82) is 0 Å². The molecule has 2 aliphatic rings. The number of anilines is 1. The predicted octanol–water partition coefficient (Wildman–Crippen LogP) is 1.71. The summed E-state index contributed by atoms with van der Waals surface area (Å²) in [4.78, 5) is 14.6. The molecule has 7 nitrogen and oxygen atoms in total. The standard InChI is InChI=1S/C21H23N5O2/c1-28-19-11-15(10-14-4-5-23-21(27)20(14)19)17-12-24-26-13-16(2-3-18(17)26)25-8-6-22-7-9-25/h2-3,10-13,22H,4-9H2,1H3,(H,23,27). The van der Waals surface area contributed by atoms with Crippen LogP contribution in [-0.4, -0.2) is 55.4 Å². The number of methoxy groups -OCH3 is 1. The van der Waals surface area contributed by atoms with Crippen LogP contribution in [0, 0.1) is 0 Å². The first kappa shape index (κ1) is 17.1. The fraction of sp³-hybridized carbons (Fsp3) is 0.333. The third-order valence-electron chi connectivity index (χ3n) is 5.60. The first-order chi connectivity index (χ1) is 13.7. The highest BCUT2D eigenvalue weighted by Crippen LogP contribution is 2.34. The van der Waals surface area contributed by atoms with E-state index in [1.165, 1.54) is 5.69 Å². The maximum Gasteiger partial charge on any atom is 0.255 e. The van der Waals surface area contributed by atoms with E-state index in [2.05, 4.69) is 45.0 Å². The topological polar surface area (TPSA) is 70.9 Å². The summed E-state index contributed by atoms with van der Waals surface area (Å²) in [7, 11) is 1.61. The molecule has 0 bridgehead atoms. The fourth-order valence-electron chi connectivity index (χ4n) is 4.15. The van der Waals surface area contributed by atoms with Gasteiger partial charge in [-0.3, -0.25) is 4.79 Å². The maximum absolute atomic E-state index is 12.2. The van der Waals surface area contributed by atoms with E-state index in [0.29, 0.717) is 17.9 Å². The van der Waals surface area contributed by atoms with E-state index in [1.807, 2.05) is 16.8 Å². The summed E-state index contributed by atoms with van der Waals surface area (Å²) in [6.45, 7) is 4.67. The molecule has 0 aliphatic carbocycles. The molecule has 28 heavy (non-hydrogen) atoms. The highest BCUT2D eigenvalue weighted by Gasteiger charge is 2.23. The Morgan fingerprint density at radius 3 is 2.82 bits per heavy atom. The van der Waals surface area contributed by atoms with Crippen molar-refractivity contribution < 1.29 is 9.53 Å². The first-order valence-electron chi connectivity index (χ1n) is 9.67. The SMILES string of the molecule is COc1cc(-c2cnn3cc(N4CCNCC4)ccc23)cc2c1C(=O)NCC2. The van der Waals surface area contributed by atoms with Gasteiger partial charge in [-0.2, -0.15) is 5.10 Å². The molecule has 0 saturated carbocycles. The number of aromatic nitrogens is 2. The van der Waals surface area contributed by atoms with Gasteiger partial charge < -0.3 is 20.3 Å². The Kier molecular flexibility index (Phi) is 4.16. The van der Waals surface area contributed by atoms with Gasteiger partial charge in [-0.05, 0) is 41.8 Å². The number of carbonyl (C=O) groups excluding carboxylic acids is 1. The van der Waals surface area contributed by atoms with E-state index >= 15 is 0 Å². The summed E-state index contributed by atoms with van der Waals surface area (Å²) < 4.78 is 7.47. The second-order valence-corrected chi connectivity index (χ2v) is 7.23. The van der Waals surface area contributed by atoms with Gasteiger partial charge in [0.15, 0.2) is 0 Å². The Bertz CT molecular complexity index is 1040. The first-order valence-corrected chi connectivity index (χ1v) is 9.67. The van der Waals surface area contributed by atoms with Crippen molar-refractivity contribution >= 4 is 17.1 Å². The number of nitrogens with zero attached hydrogens (tertiary/aromatic N) is 3. The Morgan fingerprint density at radius 2 is 2.00 bits per heavy atom. The molecule has 1 fully saturated rings. The molecule has 1 saturated heterocycles. The number of benzene rings is 1. The summed E-state index contributed by atoms with van der Waals surface area (Å²) in [6.07, 6.45) is 4.78. The van der Waals surface area contributed by atoms with Crippen molar-refractivity contribution in [2.75, 3.05) is 44.7 Å². The Morgan fingerprint density at radius 1 is 1.14 bits per heavy atom. The lowest BCUT2D eigenvalue weighted by molar-refractivity contribution is 0.0942. The van der Waals surface area contributed by atoms with Crippen molar-refractivity contribution in [3.05, 3.63) is 47.8 Å². The second kappa shape index (κ2) is 6.83. The zero-order valence-corrected chi connectivity index (χ0v) is 15.9. The van der Waals surface area contributed by atoms with Crippen LogP contribution in [0.4, 0.5) is 5.69 Å². The molecular formula is C21H23N5O2. The van der Waals surface area contributed by atoms with Crippen molar-refractivity contribution in [3.8, 4) is 16.9 Å². The van der Waals surface area contributed by atoms with Gasteiger partial charge in [0.2, 0.25) is 0 Å². The molecular weight excluding hydrogens is 354 g/mol. The Balaban J connectivity index is 1.57. The minimum Gasteiger partial charge on any atom is -0.496 e. The van der Waals surface area contributed by atoms with Crippen molar-refractivity contribution in [2.45, 2.75) is 6.42 Å². The summed E-state index contributed by atoms with van der Waals surface area (Å²) in [5.41, 5.74) is 5.96. The van der Waals surface area contributed by atoms with Gasteiger partial charge in [0, 0.05) is 38.3 Å². The van der Waals surface area contributed by atoms with Crippen LogP contribution >= 0.6 is 0 Å². The summed E-state index contributed by atoms with van der Waals surface area (Å²) >= 11 is 0. The molecule has 1 amide bonds. The third kappa shape index (κ3) is 2.79. The Labute approximate surface area is 163 Å². The smallest absolute Gasteiger partial charge is 0.255 e. The Hall–Kier alpha value is -3.06. The number of ether oxygens (including phenoxy) is 1. The van der Waals surface area contributed by atoms with Gasteiger partial charge in [0.1, 0.15) is 5.75 Å². The number of carbonyl (C=O) groups is 1. The van der Waals surface area contributed by atoms with Crippen molar-refractivity contribution in [2.24, 2.45) is 0 Å². The average Bonchev–Trinajstić information content (AvgIpc) is 3.17. The summed E-state index contributed by atoms with van der Waals surface area (Å²) in [5, 5.41) is 10.9. The van der Waals surface area contributed by atoms with Crippen LogP contribution in [0.3, 0.4) is 0 Å². The van der Waals surface area contributed by atoms with Gasteiger partial charge >= 0.3 is 0 Å². The van der Waals surface area contributed by atoms with Crippen LogP contribution in [0.1, 0.15) is 15.9 Å². The molecule has 0 atom stereocenters. The lowest BCUT2D eigenvalue weighted by atomic mass is 9.94. The summed E-state index contributed by atoms with van der Waals surface area (Å²) in [5.74, 6) is 0.548. The molecule has 0 spiro atoms. The van der Waals surface area contributed by atoms with E-state index in [-0.39, 0.29) is 5.91 Å². The number of amides is 1. The van der Waals surface area contributed by atoms with E-state index in [0.717, 1.165) is 54.8 Å². The largest absolute Gasteiger partial charge is 0.496 e. The average molecular weight is 377 g/mol. The van der Waals surface area contributed by atoms with Crippen molar-refractivity contribution in [1.82, 2.24) is 20.2 Å². The molecule has 2 aromatic heterocycles. The number of hydrogen-bond donors (Lipinski definition) is 2. The number of hydrogen-bond acceptors (Lipinski definition) is 5. The number of nitrogens with one attached hydrogen (secondary N) is 2. The zero-order valence-electron chi connectivity index (χ0n) is 15.9. The maximum atomic E-state index is 12.2. The minimum atomic E-state index is -0.0647. The molecule has 0 radical (unpaired) electrons. The van der Waals surface area contributed by atoms with Crippen LogP contribution in [0.15, 0.2) is 36.7 Å². The highest BCUT2D eigenvalue weighted by molar-refractivity contribution is 6.00. The number of rotatable bonds is 3.